The van der Waals surface area contributed by atoms with Crippen molar-refractivity contribution in [2.24, 2.45) is 0 Å². The van der Waals surface area contributed by atoms with Crippen LogP contribution in [0.25, 0.3) is 0 Å². The van der Waals surface area contributed by atoms with Gasteiger partial charge in [-0.1, -0.05) is 54.2 Å². The van der Waals surface area contributed by atoms with E-state index in [2.05, 4.69) is 16.7 Å². The van der Waals surface area contributed by atoms with Crippen molar-refractivity contribution in [3.63, 3.8) is 0 Å². The van der Waals surface area contributed by atoms with E-state index in [1.165, 1.54) is 6.07 Å². The van der Waals surface area contributed by atoms with E-state index in [0.29, 0.717) is 17.1 Å². The van der Waals surface area contributed by atoms with Gasteiger partial charge in [0, 0.05) is 28.2 Å². The number of benzene rings is 2. The van der Waals surface area contributed by atoms with Gasteiger partial charge in [0.05, 0.1) is 5.54 Å². The van der Waals surface area contributed by atoms with Gasteiger partial charge in [0.15, 0.2) is 0 Å². The lowest BCUT2D eigenvalue weighted by Crippen LogP contribution is -2.57. The minimum atomic E-state index is -0.258. The van der Waals surface area contributed by atoms with Crippen LogP contribution in [0.1, 0.15) is 36.8 Å². The van der Waals surface area contributed by atoms with Gasteiger partial charge in [0.2, 0.25) is 0 Å². The Balaban J connectivity index is 1.87. The molecule has 1 aliphatic carbocycles. The second-order valence-electron chi connectivity index (χ2n) is 6.62. The molecule has 2 atom stereocenters. The van der Waals surface area contributed by atoms with E-state index in [9.17, 15) is 4.39 Å². The minimum Gasteiger partial charge on any atom is -0.309 e. The molecule has 0 heterocycles. The normalized spacial score (nSPS) is 23.6. The summed E-state index contributed by atoms with van der Waals surface area (Å²) in [5, 5.41) is 8.39. The van der Waals surface area contributed by atoms with Crippen LogP contribution in [-0.4, -0.2) is 13.1 Å². The monoisotopic (exact) mass is 380 g/mol. The van der Waals surface area contributed by atoms with E-state index >= 15 is 0 Å². The van der Waals surface area contributed by atoms with Crippen LogP contribution in [0.4, 0.5) is 4.39 Å². The number of halogens is 3. The van der Waals surface area contributed by atoms with Gasteiger partial charge in [-0.25, -0.2) is 4.39 Å². The third-order valence-corrected chi connectivity index (χ3v) is 5.82. The maximum absolute atomic E-state index is 14.0. The summed E-state index contributed by atoms with van der Waals surface area (Å²) in [5.74, 6) is -0.236. The van der Waals surface area contributed by atoms with E-state index in [-0.39, 0.29) is 17.4 Å². The molecule has 1 aliphatic rings. The van der Waals surface area contributed by atoms with E-state index in [0.717, 1.165) is 36.3 Å². The van der Waals surface area contributed by atoms with Crippen molar-refractivity contribution in [1.82, 2.24) is 10.6 Å². The quantitative estimate of drug-likeness (QED) is 0.736. The largest absolute Gasteiger partial charge is 0.309 e. The second-order valence-corrected chi connectivity index (χ2v) is 7.46. The van der Waals surface area contributed by atoms with E-state index in [4.69, 9.17) is 23.2 Å². The smallest absolute Gasteiger partial charge is 0.127 e. The van der Waals surface area contributed by atoms with E-state index in [1.807, 2.05) is 25.2 Å². The van der Waals surface area contributed by atoms with Crippen LogP contribution in [-0.2, 0) is 12.1 Å². The van der Waals surface area contributed by atoms with Gasteiger partial charge in [0.1, 0.15) is 5.82 Å². The van der Waals surface area contributed by atoms with Gasteiger partial charge in [-0.3, -0.25) is 0 Å². The predicted molar refractivity (Wildman–Crippen MR) is 103 cm³/mol. The zero-order valence-corrected chi connectivity index (χ0v) is 15.8. The van der Waals surface area contributed by atoms with Crippen molar-refractivity contribution in [2.75, 3.05) is 7.05 Å². The molecule has 25 heavy (non-hydrogen) atoms. The van der Waals surface area contributed by atoms with Crippen LogP contribution in [0.3, 0.4) is 0 Å². The second kappa shape index (κ2) is 8.05. The van der Waals surface area contributed by atoms with Gasteiger partial charge in [0.25, 0.3) is 0 Å². The Bertz CT molecular complexity index is 737. The molecule has 1 saturated carbocycles. The summed E-state index contributed by atoms with van der Waals surface area (Å²) >= 11 is 12.5. The molecule has 1 fully saturated rings. The van der Waals surface area contributed by atoms with Crippen LogP contribution < -0.4 is 10.6 Å². The zero-order chi connectivity index (χ0) is 17.9. The molecular weight excluding hydrogens is 358 g/mol. The maximum atomic E-state index is 14.0. The third kappa shape index (κ3) is 3.85. The molecule has 2 unspecified atom stereocenters. The molecule has 0 spiro atoms. The highest BCUT2D eigenvalue weighted by Crippen LogP contribution is 2.40. The topological polar surface area (TPSA) is 24.1 Å². The average molecular weight is 381 g/mol. The molecule has 0 bridgehead atoms. The van der Waals surface area contributed by atoms with Crippen LogP contribution >= 0.6 is 23.2 Å². The van der Waals surface area contributed by atoms with Gasteiger partial charge >= 0.3 is 0 Å². The molecule has 134 valence electrons. The molecular formula is C20H23Cl2FN2. The number of likely N-dealkylation sites (N-methyl/N-ethyl adjacent to an activating group) is 1. The van der Waals surface area contributed by atoms with Crippen molar-refractivity contribution in [1.29, 1.82) is 0 Å². The molecule has 0 saturated heterocycles. The van der Waals surface area contributed by atoms with Gasteiger partial charge in [-0.05, 0) is 49.7 Å². The van der Waals surface area contributed by atoms with Crippen LogP contribution in [0.15, 0.2) is 42.5 Å². The zero-order valence-electron chi connectivity index (χ0n) is 14.3. The first-order valence-corrected chi connectivity index (χ1v) is 9.43. The summed E-state index contributed by atoms with van der Waals surface area (Å²) in [4.78, 5) is 0. The number of hydrogen-bond acceptors (Lipinski definition) is 2. The standard InChI is InChI=1S/C20H23Cl2FN2/c1-24-20(16-6-2-3-7-17(16)22)11-5-4-8-19(20)25-13-14-12-15(21)9-10-18(14)23/h2-3,6-7,9-10,12,19,24-25H,4-5,8,11,13H2,1H3. The van der Waals surface area contributed by atoms with Crippen molar-refractivity contribution >= 4 is 23.2 Å². The fraction of sp³-hybridized carbons (Fsp3) is 0.400. The molecule has 2 aromatic rings. The lowest BCUT2D eigenvalue weighted by molar-refractivity contribution is 0.176. The first-order valence-electron chi connectivity index (χ1n) is 8.68. The number of hydrogen-bond donors (Lipinski definition) is 2. The fourth-order valence-electron chi connectivity index (χ4n) is 3.94. The first-order chi connectivity index (χ1) is 12.1. The predicted octanol–water partition coefficient (Wildman–Crippen LogP) is 5.28. The molecule has 0 radical (unpaired) electrons. The van der Waals surface area contributed by atoms with Crippen molar-refractivity contribution in [2.45, 2.75) is 43.8 Å². The summed E-state index contributed by atoms with van der Waals surface area (Å²) in [6.45, 7) is 0.435. The lowest BCUT2D eigenvalue weighted by atomic mass is 9.72. The molecule has 5 heteroatoms. The number of rotatable bonds is 5. The van der Waals surface area contributed by atoms with E-state index < -0.39 is 0 Å². The summed E-state index contributed by atoms with van der Waals surface area (Å²) in [5.41, 5.74) is 1.43. The van der Waals surface area contributed by atoms with Crippen molar-refractivity contribution in [3.05, 3.63) is 69.5 Å². The summed E-state index contributed by atoms with van der Waals surface area (Å²) in [7, 11) is 1.98. The Morgan fingerprint density at radius 1 is 1.16 bits per heavy atom. The molecule has 0 aliphatic heterocycles. The van der Waals surface area contributed by atoms with E-state index in [1.54, 1.807) is 12.1 Å². The molecule has 3 rings (SSSR count). The highest BCUT2D eigenvalue weighted by atomic mass is 35.5. The molecule has 0 aromatic heterocycles. The fourth-order valence-corrected chi connectivity index (χ4v) is 4.44. The molecule has 2 N–H and O–H groups in total. The van der Waals surface area contributed by atoms with Crippen molar-refractivity contribution < 1.29 is 4.39 Å². The Morgan fingerprint density at radius 2 is 1.96 bits per heavy atom. The minimum absolute atomic E-state index is 0.157. The molecule has 0 amide bonds. The third-order valence-electron chi connectivity index (χ3n) is 5.26. The lowest BCUT2D eigenvalue weighted by Gasteiger charge is -2.45. The summed E-state index contributed by atoms with van der Waals surface area (Å²) in [6.07, 6.45) is 4.27. The summed E-state index contributed by atoms with van der Waals surface area (Å²) in [6, 6.07) is 12.8. The highest BCUT2D eigenvalue weighted by Gasteiger charge is 2.41. The van der Waals surface area contributed by atoms with Gasteiger partial charge in [-0.15, -0.1) is 0 Å². The Hall–Kier alpha value is -1.13. The van der Waals surface area contributed by atoms with Crippen molar-refractivity contribution in [3.8, 4) is 0 Å². The Morgan fingerprint density at radius 3 is 2.72 bits per heavy atom. The summed E-state index contributed by atoms with van der Waals surface area (Å²) < 4.78 is 14.0. The SMILES string of the molecule is CNC1(c2ccccc2Cl)CCCCC1NCc1cc(Cl)ccc1F. The van der Waals surface area contributed by atoms with Crippen LogP contribution in [0, 0.1) is 5.82 Å². The van der Waals surface area contributed by atoms with Gasteiger partial charge < -0.3 is 10.6 Å². The molecule has 2 aromatic carbocycles. The van der Waals surface area contributed by atoms with Gasteiger partial charge in [-0.2, -0.15) is 0 Å². The van der Waals surface area contributed by atoms with Crippen LogP contribution in [0.5, 0.6) is 0 Å². The highest BCUT2D eigenvalue weighted by molar-refractivity contribution is 6.31. The Labute approximate surface area is 158 Å². The van der Waals surface area contributed by atoms with Crippen LogP contribution in [0.2, 0.25) is 10.0 Å². The maximum Gasteiger partial charge on any atom is 0.127 e. The Kier molecular flexibility index (Phi) is 6.00. The molecule has 2 nitrogen and oxygen atoms in total. The number of nitrogens with one attached hydrogen (secondary N) is 2. The first kappa shape index (κ1) is 18.7. The average Bonchev–Trinajstić information content (AvgIpc) is 2.63.